The number of aromatic nitrogens is 1. The zero-order valence-corrected chi connectivity index (χ0v) is 9.77. The first-order valence-corrected chi connectivity index (χ1v) is 5.43. The molecule has 1 rings (SSSR count). The summed E-state index contributed by atoms with van der Waals surface area (Å²) in [6.07, 6.45) is 9.24. The van der Waals surface area contributed by atoms with E-state index in [1.165, 1.54) is 6.07 Å². The van der Waals surface area contributed by atoms with Gasteiger partial charge in [0.2, 0.25) is 5.82 Å². The average molecular weight is 233 g/mol. The fourth-order valence-corrected chi connectivity index (χ4v) is 1.39. The zero-order valence-electron chi connectivity index (χ0n) is 9.77. The Balaban J connectivity index is 2.59. The molecule has 1 aromatic rings. The van der Waals surface area contributed by atoms with E-state index in [2.05, 4.69) is 16.2 Å². The van der Waals surface area contributed by atoms with Crippen molar-refractivity contribution in [3.8, 4) is 12.3 Å². The van der Waals surface area contributed by atoms with Crippen molar-refractivity contribution in [2.75, 3.05) is 11.9 Å². The van der Waals surface area contributed by atoms with Crippen LogP contribution < -0.4 is 5.32 Å². The lowest BCUT2D eigenvalue weighted by molar-refractivity contribution is -0.384. The number of anilines is 1. The molecule has 0 aliphatic heterocycles. The minimum atomic E-state index is -0.427. The third-order valence-electron chi connectivity index (χ3n) is 2.24. The number of nitrogens with one attached hydrogen (secondary N) is 1. The Labute approximate surface area is 100 Å². The molecule has 1 aromatic heterocycles. The molecular formula is C12H15N3O2. The van der Waals surface area contributed by atoms with Crippen molar-refractivity contribution in [2.24, 2.45) is 0 Å². The number of terminal acetylenes is 1. The summed E-state index contributed by atoms with van der Waals surface area (Å²) < 4.78 is 0. The Morgan fingerprint density at radius 3 is 3.00 bits per heavy atom. The van der Waals surface area contributed by atoms with Gasteiger partial charge in [-0.05, 0) is 25.3 Å². The summed E-state index contributed by atoms with van der Waals surface area (Å²) in [5.74, 6) is 2.87. The van der Waals surface area contributed by atoms with Crippen molar-refractivity contribution in [1.82, 2.24) is 4.98 Å². The van der Waals surface area contributed by atoms with Crippen LogP contribution in [0.1, 0.15) is 24.8 Å². The number of nitrogens with zero attached hydrogens (tertiary/aromatic N) is 2. The van der Waals surface area contributed by atoms with Crippen LogP contribution in [-0.2, 0) is 0 Å². The van der Waals surface area contributed by atoms with E-state index in [0.717, 1.165) is 24.8 Å². The maximum absolute atomic E-state index is 10.8. The Kier molecular flexibility index (Phi) is 4.95. The second-order valence-corrected chi connectivity index (χ2v) is 3.73. The molecule has 0 bridgehead atoms. The van der Waals surface area contributed by atoms with Gasteiger partial charge in [-0.15, -0.1) is 12.3 Å². The topological polar surface area (TPSA) is 68.1 Å². The fraction of sp³-hybridized carbons (Fsp3) is 0.417. The molecule has 5 heteroatoms. The van der Waals surface area contributed by atoms with E-state index in [-0.39, 0.29) is 5.69 Å². The number of aryl methyl sites for hydroxylation is 1. The number of rotatable bonds is 6. The molecule has 0 saturated carbocycles. The van der Waals surface area contributed by atoms with Crippen LogP contribution in [0.25, 0.3) is 0 Å². The second-order valence-electron chi connectivity index (χ2n) is 3.73. The first-order chi connectivity index (χ1) is 8.15. The number of nitro groups is 1. The summed E-state index contributed by atoms with van der Waals surface area (Å²) in [6, 6.07) is 1.51. The van der Waals surface area contributed by atoms with Crippen molar-refractivity contribution < 1.29 is 4.92 Å². The monoisotopic (exact) mass is 233 g/mol. The van der Waals surface area contributed by atoms with Gasteiger partial charge in [-0.25, -0.2) is 4.98 Å². The molecule has 5 nitrogen and oxygen atoms in total. The first-order valence-electron chi connectivity index (χ1n) is 5.43. The molecule has 0 aliphatic carbocycles. The predicted octanol–water partition coefficient (Wildman–Crippen LogP) is 2.51. The van der Waals surface area contributed by atoms with E-state index in [4.69, 9.17) is 6.42 Å². The molecule has 1 N–H and O–H groups in total. The largest absolute Gasteiger partial charge is 0.364 e. The Bertz CT molecular complexity index is 438. The first kappa shape index (κ1) is 13.0. The van der Waals surface area contributed by atoms with Gasteiger partial charge in [-0.2, -0.15) is 0 Å². The minimum Gasteiger partial charge on any atom is -0.364 e. The molecule has 0 aromatic carbocycles. The number of unbranched alkanes of at least 4 members (excludes halogenated alkanes) is 2. The van der Waals surface area contributed by atoms with Gasteiger partial charge in [-0.3, -0.25) is 10.1 Å². The summed E-state index contributed by atoms with van der Waals surface area (Å²) in [4.78, 5) is 14.4. The smallest absolute Gasteiger partial charge is 0.311 e. The van der Waals surface area contributed by atoms with Gasteiger partial charge < -0.3 is 5.32 Å². The second kappa shape index (κ2) is 6.48. The van der Waals surface area contributed by atoms with Crippen molar-refractivity contribution in [1.29, 1.82) is 0 Å². The van der Waals surface area contributed by atoms with E-state index < -0.39 is 4.92 Å². The molecule has 0 aliphatic rings. The highest BCUT2D eigenvalue weighted by Gasteiger charge is 2.14. The normalized spacial score (nSPS) is 9.65. The van der Waals surface area contributed by atoms with Crippen molar-refractivity contribution in [3.05, 3.63) is 27.9 Å². The van der Waals surface area contributed by atoms with Crippen molar-refractivity contribution in [3.63, 3.8) is 0 Å². The average Bonchev–Trinajstić information content (AvgIpc) is 2.30. The summed E-state index contributed by atoms with van der Waals surface area (Å²) in [7, 11) is 0. The quantitative estimate of drug-likeness (QED) is 0.355. The van der Waals surface area contributed by atoms with Gasteiger partial charge >= 0.3 is 5.69 Å². The maximum atomic E-state index is 10.8. The van der Waals surface area contributed by atoms with E-state index >= 15 is 0 Å². The van der Waals surface area contributed by atoms with Crippen LogP contribution >= 0.6 is 0 Å². The van der Waals surface area contributed by atoms with Gasteiger partial charge in [0, 0.05) is 25.2 Å². The highest BCUT2D eigenvalue weighted by atomic mass is 16.6. The van der Waals surface area contributed by atoms with Crippen LogP contribution in [0.15, 0.2) is 12.3 Å². The van der Waals surface area contributed by atoms with E-state index in [1.54, 1.807) is 13.1 Å². The Morgan fingerprint density at radius 1 is 1.59 bits per heavy atom. The molecular weight excluding hydrogens is 218 g/mol. The van der Waals surface area contributed by atoms with Crippen LogP contribution in [0, 0.1) is 29.4 Å². The SMILES string of the molecule is C#CCCCCNc1ncc(C)cc1[N+](=O)[O-]. The molecule has 0 amide bonds. The lowest BCUT2D eigenvalue weighted by Gasteiger charge is -2.05. The minimum absolute atomic E-state index is 0.0157. The van der Waals surface area contributed by atoms with Crippen molar-refractivity contribution in [2.45, 2.75) is 26.2 Å². The van der Waals surface area contributed by atoms with Crippen LogP contribution in [0.5, 0.6) is 0 Å². The van der Waals surface area contributed by atoms with E-state index in [0.29, 0.717) is 12.4 Å². The highest BCUT2D eigenvalue weighted by molar-refractivity contribution is 5.56. The third kappa shape index (κ3) is 4.11. The molecule has 1 heterocycles. The summed E-state index contributed by atoms with van der Waals surface area (Å²) >= 11 is 0. The Morgan fingerprint density at radius 2 is 2.35 bits per heavy atom. The van der Waals surface area contributed by atoms with Crippen LogP contribution in [0.4, 0.5) is 11.5 Å². The molecule has 0 saturated heterocycles. The fourth-order valence-electron chi connectivity index (χ4n) is 1.39. The number of hydrogen-bond donors (Lipinski definition) is 1. The lowest BCUT2D eigenvalue weighted by atomic mass is 10.2. The van der Waals surface area contributed by atoms with Gasteiger partial charge in [0.15, 0.2) is 0 Å². The van der Waals surface area contributed by atoms with Gasteiger partial charge in [0.1, 0.15) is 0 Å². The molecule has 0 fully saturated rings. The standard InChI is InChI=1S/C12H15N3O2/c1-3-4-5-6-7-13-12-11(15(16)17)8-10(2)9-14-12/h1,8-9H,4-7H2,2H3,(H,13,14). The lowest BCUT2D eigenvalue weighted by Crippen LogP contribution is -2.06. The van der Waals surface area contributed by atoms with Crippen molar-refractivity contribution >= 4 is 11.5 Å². The summed E-state index contributed by atoms with van der Waals surface area (Å²) in [5.41, 5.74) is 0.788. The summed E-state index contributed by atoms with van der Waals surface area (Å²) in [5, 5.41) is 13.8. The van der Waals surface area contributed by atoms with E-state index in [9.17, 15) is 10.1 Å². The Hall–Kier alpha value is -2.09. The zero-order chi connectivity index (χ0) is 12.7. The maximum Gasteiger partial charge on any atom is 0.311 e. The summed E-state index contributed by atoms with van der Waals surface area (Å²) in [6.45, 7) is 2.41. The molecule has 0 spiro atoms. The molecule has 0 radical (unpaired) electrons. The van der Waals surface area contributed by atoms with Crippen LogP contribution in [0.3, 0.4) is 0 Å². The highest BCUT2D eigenvalue weighted by Crippen LogP contribution is 2.22. The number of pyridine rings is 1. The van der Waals surface area contributed by atoms with Gasteiger partial charge in [-0.1, -0.05) is 0 Å². The molecule has 17 heavy (non-hydrogen) atoms. The van der Waals surface area contributed by atoms with Gasteiger partial charge in [0.25, 0.3) is 0 Å². The third-order valence-corrected chi connectivity index (χ3v) is 2.24. The number of hydrogen-bond acceptors (Lipinski definition) is 4. The molecule has 0 unspecified atom stereocenters. The molecule has 0 atom stereocenters. The predicted molar refractivity (Wildman–Crippen MR) is 66.8 cm³/mol. The van der Waals surface area contributed by atoms with E-state index in [1.807, 2.05) is 0 Å². The van der Waals surface area contributed by atoms with Crippen LogP contribution in [-0.4, -0.2) is 16.5 Å². The van der Waals surface area contributed by atoms with Gasteiger partial charge in [0.05, 0.1) is 4.92 Å². The van der Waals surface area contributed by atoms with Crippen LogP contribution in [0.2, 0.25) is 0 Å². The molecule has 90 valence electrons.